The van der Waals surface area contributed by atoms with E-state index in [0.717, 1.165) is 31.5 Å². The number of nitrogens with two attached hydrogens (primary N) is 1. The van der Waals surface area contributed by atoms with E-state index in [1.54, 1.807) is 12.1 Å². The number of carbonyl (C=O) groups is 2. The van der Waals surface area contributed by atoms with Gasteiger partial charge >= 0.3 is 6.03 Å². The van der Waals surface area contributed by atoms with Crippen LogP contribution in [0.25, 0.3) is 0 Å². The maximum atomic E-state index is 12.1. The average molecular weight is 304 g/mol. The maximum absolute atomic E-state index is 12.1. The monoisotopic (exact) mass is 304 g/mol. The van der Waals surface area contributed by atoms with E-state index in [4.69, 9.17) is 5.73 Å². The smallest absolute Gasteiger partial charge is 0.316 e. The van der Waals surface area contributed by atoms with Crippen molar-refractivity contribution in [3.63, 3.8) is 0 Å². The molecule has 0 spiro atoms. The summed E-state index contributed by atoms with van der Waals surface area (Å²) in [5.41, 5.74) is 6.70. The van der Waals surface area contributed by atoms with Crippen LogP contribution in [-0.2, 0) is 4.79 Å². The largest absolute Gasteiger partial charge is 0.351 e. The Kier molecular flexibility index (Phi) is 5.77. The van der Waals surface area contributed by atoms with Crippen LogP contribution in [0.3, 0.4) is 0 Å². The lowest BCUT2D eigenvalue weighted by molar-refractivity contribution is -0.122. The molecule has 120 valence electrons. The molecular formula is C16H24N4O2. The number of carbonyl (C=O) groups excluding carboxylic acids is 2. The second kappa shape index (κ2) is 7.79. The second-order valence-corrected chi connectivity index (χ2v) is 5.80. The third-order valence-electron chi connectivity index (χ3n) is 3.99. The molecule has 1 aromatic rings. The first kappa shape index (κ1) is 16.3. The summed E-state index contributed by atoms with van der Waals surface area (Å²) in [5.74, 6) is 0.578. The number of primary amides is 1. The molecule has 0 bridgehead atoms. The summed E-state index contributed by atoms with van der Waals surface area (Å²) >= 11 is 0. The highest BCUT2D eigenvalue weighted by molar-refractivity contribution is 5.87. The van der Waals surface area contributed by atoms with Crippen molar-refractivity contribution in [1.82, 2.24) is 10.6 Å². The number of hydrogen-bond acceptors (Lipinski definition) is 3. The van der Waals surface area contributed by atoms with Crippen molar-refractivity contribution in [3.8, 4) is 0 Å². The van der Waals surface area contributed by atoms with Gasteiger partial charge in [-0.25, -0.2) is 4.79 Å². The minimum atomic E-state index is -0.587. The Hall–Kier alpha value is -2.08. The molecule has 22 heavy (non-hydrogen) atoms. The molecule has 6 heteroatoms. The number of piperidine rings is 1. The fourth-order valence-corrected chi connectivity index (χ4v) is 2.73. The Morgan fingerprint density at radius 2 is 1.91 bits per heavy atom. The predicted octanol–water partition coefficient (Wildman–Crippen LogP) is 1.74. The highest BCUT2D eigenvalue weighted by Crippen LogP contribution is 2.19. The first-order chi connectivity index (χ1) is 10.5. The van der Waals surface area contributed by atoms with E-state index in [9.17, 15) is 9.59 Å². The molecule has 1 atom stereocenters. The molecule has 1 saturated heterocycles. The number of nitrogens with one attached hydrogen (secondary N) is 3. The van der Waals surface area contributed by atoms with Crippen LogP contribution >= 0.6 is 0 Å². The lowest BCUT2D eigenvalue weighted by Gasteiger charge is -2.23. The fraction of sp³-hybridized carbons (Fsp3) is 0.500. The summed E-state index contributed by atoms with van der Waals surface area (Å²) < 4.78 is 0. The van der Waals surface area contributed by atoms with Crippen molar-refractivity contribution < 1.29 is 9.59 Å². The maximum Gasteiger partial charge on any atom is 0.316 e. The number of rotatable bonds is 5. The first-order valence-electron chi connectivity index (χ1n) is 7.71. The first-order valence-corrected chi connectivity index (χ1v) is 7.71. The number of hydrogen-bond donors (Lipinski definition) is 4. The molecule has 5 N–H and O–H groups in total. The topological polar surface area (TPSA) is 96.2 Å². The summed E-state index contributed by atoms with van der Waals surface area (Å²) in [4.78, 5) is 22.9. The summed E-state index contributed by atoms with van der Waals surface area (Å²) in [5, 5.41) is 8.85. The molecule has 0 radical (unpaired) electrons. The number of benzene rings is 1. The molecule has 1 aliphatic rings. The van der Waals surface area contributed by atoms with Crippen molar-refractivity contribution >= 4 is 17.6 Å². The van der Waals surface area contributed by atoms with Gasteiger partial charge in [0.15, 0.2) is 0 Å². The summed E-state index contributed by atoms with van der Waals surface area (Å²) in [6.45, 7) is 3.96. The van der Waals surface area contributed by atoms with Crippen LogP contribution in [0.5, 0.6) is 0 Å². The lowest BCUT2D eigenvalue weighted by atomic mass is 9.94. The van der Waals surface area contributed by atoms with Gasteiger partial charge in [-0.3, -0.25) is 4.79 Å². The van der Waals surface area contributed by atoms with Gasteiger partial charge in [0.25, 0.3) is 0 Å². The van der Waals surface area contributed by atoms with Crippen molar-refractivity contribution in [2.24, 2.45) is 11.7 Å². The van der Waals surface area contributed by atoms with Crippen LogP contribution in [0, 0.1) is 5.92 Å². The fourth-order valence-electron chi connectivity index (χ4n) is 2.73. The standard InChI is InChI=1S/C16H24N4O2/c1-11(13-2-4-14(5-3-13)20-16(17)22)19-15(21)10-12-6-8-18-9-7-12/h2-5,11-12,18H,6-10H2,1H3,(H,19,21)(H3,17,20,22). The number of amides is 3. The third kappa shape index (κ3) is 5.04. The van der Waals surface area contributed by atoms with E-state index in [1.165, 1.54) is 0 Å². The van der Waals surface area contributed by atoms with Gasteiger partial charge in [0.05, 0.1) is 6.04 Å². The Bertz CT molecular complexity index is 509. The molecule has 1 heterocycles. The highest BCUT2D eigenvalue weighted by atomic mass is 16.2. The molecule has 1 aromatic carbocycles. The van der Waals surface area contributed by atoms with E-state index in [0.29, 0.717) is 18.0 Å². The molecule has 1 fully saturated rings. The van der Waals surface area contributed by atoms with Gasteiger partial charge in [-0.1, -0.05) is 12.1 Å². The van der Waals surface area contributed by atoms with E-state index in [1.807, 2.05) is 19.1 Å². The Balaban J connectivity index is 1.83. The number of urea groups is 1. The Morgan fingerprint density at radius 1 is 1.27 bits per heavy atom. The minimum Gasteiger partial charge on any atom is -0.351 e. The van der Waals surface area contributed by atoms with E-state index >= 15 is 0 Å². The summed E-state index contributed by atoms with van der Waals surface area (Å²) in [7, 11) is 0. The number of anilines is 1. The summed E-state index contributed by atoms with van der Waals surface area (Å²) in [6.07, 6.45) is 2.72. The van der Waals surface area contributed by atoms with Crippen LogP contribution in [0.4, 0.5) is 10.5 Å². The van der Waals surface area contributed by atoms with E-state index < -0.39 is 6.03 Å². The van der Waals surface area contributed by atoms with Gasteiger partial charge < -0.3 is 21.7 Å². The molecule has 2 rings (SSSR count). The zero-order chi connectivity index (χ0) is 15.9. The Labute approximate surface area is 130 Å². The van der Waals surface area contributed by atoms with Crippen LogP contribution in [0.2, 0.25) is 0 Å². The minimum absolute atomic E-state index is 0.0585. The summed E-state index contributed by atoms with van der Waals surface area (Å²) in [6, 6.07) is 6.65. The second-order valence-electron chi connectivity index (χ2n) is 5.80. The van der Waals surface area contributed by atoms with Crippen LogP contribution < -0.4 is 21.7 Å². The van der Waals surface area contributed by atoms with Gasteiger partial charge in [-0.15, -0.1) is 0 Å². The van der Waals surface area contributed by atoms with Crippen LogP contribution in [0.1, 0.15) is 37.8 Å². The van der Waals surface area contributed by atoms with Crippen LogP contribution in [-0.4, -0.2) is 25.0 Å². The predicted molar refractivity (Wildman–Crippen MR) is 86.4 cm³/mol. The van der Waals surface area contributed by atoms with E-state index in [-0.39, 0.29) is 11.9 Å². The van der Waals surface area contributed by atoms with Crippen LogP contribution in [0.15, 0.2) is 24.3 Å². The van der Waals surface area contributed by atoms with Crippen molar-refractivity contribution in [2.45, 2.75) is 32.2 Å². The van der Waals surface area contributed by atoms with Crippen molar-refractivity contribution in [1.29, 1.82) is 0 Å². The molecule has 6 nitrogen and oxygen atoms in total. The SMILES string of the molecule is CC(NC(=O)CC1CCNCC1)c1ccc(NC(N)=O)cc1. The van der Waals surface area contributed by atoms with Gasteiger partial charge in [-0.05, 0) is 56.5 Å². The van der Waals surface area contributed by atoms with E-state index in [2.05, 4.69) is 16.0 Å². The Morgan fingerprint density at radius 3 is 2.50 bits per heavy atom. The molecule has 0 saturated carbocycles. The van der Waals surface area contributed by atoms with Crippen molar-refractivity contribution in [2.75, 3.05) is 18.4 Å². The van der Waals surface area contributed by atoms with Gasteiger partial charge in [0, 0.05) is 12.1 Å². The quantitative estimate of drug-likeness (QED) is 0.667. The molecular weight excluding hydrogens is 280 g/mol. The average Bonchev–Trinajstić information content (AvgIpc) is 2.48. The van der Waals surface area contributed by atoms with Gasteiger partial charge in [-0.2, -0.15) is 0 Å². The molecule has 0 aromatic heterocycles. The van der Waals surface area contributed by atoms with Crippen molar-refractivity contribution in [3.05, 3.63) is 29.8 Å². The molecule has 0 aliphatic carbocycles. The third-order valence-corrected chi connectivity index (χ3v) is 3.99. The lowest BCUT2D eigenvalue weighted by Crippen LogP contribution is -2.33. The normalized spacial score (nSPS) is 16.8. The molecule has 1 aliphatic heterocycles. The molecule has 1 unspecified atom stereocenters. The highest BCUT2D eigenvalue weighted by Gasteiger charge is 2.18. The van der Waals surface area contributed by atoms with Gasteiger partial charge in [0.2, 0.25) is 5.91 Å². The molecule has 3 amide bonds. The zero-order valence-electron chi connectivity index (χ0n) is 12.9. The zero-order valence-corrected chi connectivity index (χ0v) is 12.9. The van der Waals surface area contributed by atoms with Gasteiger partial charge in [0.1, 0.15) is 0 Å².